The molecule has 0 aromatic rings. The lowest BCUT2D eigenvalue weighted by Crippen LogP contribution is -2.65. The van der Waals surface area contributed by atoms with Gasteiger partial charge in [-0.15, -0.1) is 0 Å². The van der Waals surface area contributed by atoms with Gasteiger partial charge in [0.15, 0.2) is 0 Å². The normalized spacial score (nSPS) is 21.9. The van der Waals surface area contributed by atoms with Crippen LogP contribution in [-0.2, 0) is 9.59 Å². The summed E-state index contributed by atoms with van der Waals surface area (Å²) in [7, 11) is 1.78. The second kappa shape index (κ2) is 4.96. The monoisotopic (exact) mass is 304 g/mol. The Balaban J connectivity index is 2.91. The molecule has 1 saturated heterocycles. The molecule has 1 aliphatic heterocycles. The zero-order valence-electron chi connectivity index (χ0n) is 11.2. The maximum atomic E-state index is 12.3. The Morgan fingerprint density at radius 2 is 1.88 bits per heavy atom. The minimum Gasteiger partial charge on any atom is -0.342 e. The van der Waals surface area contributed by atoms with Crippen molar-refractivity contribution in [2.45, 2.75) is 38.1 Å². The number of amides is 2. The standard InChI is InChI=1S/C12H21BrN2O2/c1-8(2)9(13)10(16)15-7-6-14(5)11(17)12(15,3)4/h8-9H,6-7H2,1-5H3. The zero-order chi connectivity index (χ0) is 13.4. The molecule has 1 rings (SSSR count). The molecular formula is C12H21BrN2O2. The van der Waals surface area contributed by atoms with Crippen molar-refractivity contribution < 1.29 is 9.59 Å². The van der Waals surface area contributed by atoms with Gasteiger partial charge in [0.1, 0.15) is 5.54 Å². The van der Waals surface area contributed by atoms with E-state index in [1.807, 2.05) is 27.7 Å². The second-order valence-corrected chi connectivity index (χ2v) is 6.41. The number of hydrogen-bond acceptors (Lipinski definition) is 2. The average molecular weight is 305 g/mol. The Morgan fingerprint density at radius 1 is 1.35 bits per heavy atom. The molecule has 5 heteroatoms. The maximum absolute atomic E-state index is 12.3. The van der Waals surface area contributed by atoms with Gasteiger partial charge in [-0.2, -0.15) is 0 Å². The fourth-order valence-corrected chi connectivity index (χ4v) is 2.28. The molecule has 4 nitrogen and oxygen atoms in total. The fraction of sp³-hybridized carbons (Fsp3) is 0.833. The van der Waals surface area contributed by atoms with Crippen LogP contribution in [0.15, 0.2) is 0 Å². The van der Waals surface area contributed by atoms with Gasteiger partial charge in [-0.25, -0.2) is 0 Å². The third kappa shape index (κ3) is 2.64. The van der Waals surface area contributed by atoms with Crippen LogP contribution in [-0.4, -0.2) is 52.1 Å². The number of nitrogens with zero attached hydrogens (tertiary/aromatic N) is 2. The lowest BCUT2D eigenvalue weighted by atomic mass is 9.96. The number of hydrogen-bond donors (Lipinski definition) is 0. The molecule has 0 saturated carbocycles. The molecule has 0 spiro atoms. The van der Waals surface area contributed by atoms with Crippen molar-refractivity contribution in [3.63, 3.8) is 0 Å². The predicted molar refractivity (Wildman–Crippen MR) is 71.0 cm³/mol. The van der Waals surface area contributed by atoms with E-state index in [-0.39, 0.29) is 22.6 Å². The third-order valence-electron chi connectivity index (χ3n) is 3.29. The molecule has 98 valence electrons. The molecule has 0 bridgehead atoms. The molecule has 1 aliphatic rings. The van der Waals surface area contributed by atoms with Crippen LogP contribution in [0.4, 0.5) is 0 Å². The largest absolute Gasteiger partial charge is 0.342 e. The van der Waals surface area contributed by atoms with Crippen molar-refractivity contribution in [2.24, 2.45) is 5.92 Å². The van der Waals surface area contributed by atoms with Crippen LogP contribution in [0.25, 0.3) is 0 Å². The quantitative estimate of drug-likeness (QED) is 0.725. The lowest BCUT2D eigenvalue weighted by Gasteiger charge is -2.45. The minimum absolute atomic E-state index is 0.000515. The summed E-state index contributed by atoms with van der Waals surface area (Å²) < 4.78 is 0. The molecule has 2 amide bonds. The Labute approximate surface area is 111 Å². The minimum atomic E-state index is -0.745. The van der Waals surface area contributed by atoms with Gasteiger partial charge < -0.3 is 9.80 Å². The number of alkyl halides is 1. The first-order valence-corrected chi connectivity index (χ1v) is 6.82. The van der Waals surface area contributed by atoms with Crippen LogP contribution in [0.5, 0.6) is 0 Å². The van der Waals surface area contributed by atoms with Gasteiger partial charge in [0.25, 0.3) is 0 Å². The van der Waals surface area contributed by atoms with Crippen LogP contribution in [0.3, 0.4) is 0 Å². The lowest BCUT2D eigenvalue weighted by molar-refractivity contribution is -0.157. The zero-order valence-corrected chi connectivity index (χ0v) is 12.7. The van der Waals surface area contributed by atoms with Gasteiger partial charge in [-0.1, -0.05) is 29.8 Å². The summed E-state index contributed by atoms with van der Waals surface area (Å²) in [5.74, 6) is 0.222. The molecule has 1 unspecified atom stereocenters. The summed E-state index contributed by atoms with van der Waals surface area (Å²) in [6, 6.07) is 0. The molecule has 0 N–H and O–H groups in total. The van der Waals surface area contributed by atoms with E-state index in [2.05, 4.69) is 15.9 Å². The van der Waals surface area contributed by atoms with Crippen LogP contribution < -0.4 is 0 Å². The summed E-state index contributed by atoms with van der Waals surface area (Å²) >= 11 is 3.41. The molecule has 0 aliphatic carbocycles. The van der Waals surface area contributed by atoms with E-state index >= 15 is 0 Å². The molecule has 0 aromatic carbocycles. The second-order valence-electron chi connectivity index (χ2n) is 5.42. The Bertz CT molecular complexity index is 328. The Kier molecular flexibility index (Phi) is 4.23. The van der Waals surface area contributed by atoms with Crippen molar-refractivity contribution >= 4 is 27.7 Å². The maximum Gasteiger partial charge on any atom is 0.247 e. The van der Waals surface area contributed by atoms with Crippen molar-refractivity contribution in [1.29, 1.82) is 0 Å². The Morgan fingerprint density at radius 3 is 2.35 bits per heavy atom. The predicted octanol–water partition coefficient (Wildman–Crippen LogP) is 1.49. The van der Waals surface area contributed by atoms with E-state index in [4.69, 9.17) is 0 Å². The van der Waals surface area contributed by atoms with E-state index in [9.17, 15) is 9.59 Å². The summed E-state index contributed by atoms with van der Waals surface area (Å²) in [4.78, 5) is 27.5. The van der Waals surface area contributed by atoms with Gasteiger partial charge >= 0.3 is 0 Å². The van der Waals surface area contributed by atoms with E-state index in [1.165, 1.54) is 0 Å². The van der Waals surface area contributed by atoms with Crippen molar-refractivity contribution in [2.75, 3.05) is 20.1 Å². The summed E-state index contributed by atoms with van der Waals surface area (Å²) in [6.45, 7) is 8.80. The van der Waals surface area contributed by atoms with E-state index in [0.717, 1.165) is 0 Å². The molecule has 1 heterocycles. The first kappa shape index (κ1) is 14.5. The van der Waals surface area contributed by atoms with Crippen LogP contribution in [0.1, 0.15) is 27.7 Å². The van der Waals surface area contributed by atoms with Gasteiger partial charge in [-0.05, 0) is 19.8 Å². The van der Waals surface area contributed by atoms with Crippen molar-refractivity contribution in [3.8, 4) is 0 Å². The van der Waals surface area contributed by atoms with E-state index in [0.29, 0.717) is 13.1 Å². The number of carbonyl (C=O) groups excluding carboxylic acids is 2. The summed E-state index contributed by atoms with van der Waals surface area (Å²) in [6.07, 6.45) is 0. The highest BCUT2D eigenvalue weighted by atomic mass is 79.9. The number of carbonyl (C=O) groups is 2. The molecule has 17 heavy (non-hydrogen) atoms. The van der Waals surface area contributed by atoms with E-state index < -0.39 is 5.54 Å². The summed E-state index contributed by atoms with van der Waals surface area (Å²) in [5.41, 5.74) is -0.745. The first-order valence-electron chi connectivity index (χ1n) is 5.90. The number of halogens is 1. The summed E-state index contributed by atoms with van der Waals surface area (Å²) in [5, 5.41) is 0. The van der Waals surface area contributed by atoms with Crippen molar-refractivity contribution in [1.82, 2.24) is 9.80 Å². The van der Waals surface area contributed by atoms with Gasteiger partial charge in [-0.3, -0.25) is 9.59 Å². The molecular weight excluding hydrogens is 284 g/mol. The molecule has 1 fully saturated rings. The topological polar surface area (TPSA) is 40.6 Å². The molecule has 1 atom stereocenters. The molecule has 0 aromatic heterocycles. The molecule has 0 radical (unpaired) electrons. The highest BCUT2D eigenvalue weighted by molar-refractivity contribution is 9.10. The number of rotatable bonds is 2. The van der Waals surface area contributed by atoms with Crippen LogP contribution in [0, 0.1) is 5.92 Å². The number of piperazine rings is 1. The highest BCUT2D eigenvalue weighted by Gasteiger charge is 2.44. The highest BCUT2D eigenvalue weighted by Crippen LogP contribution is 2.25. The van der Waals surface area contributed by atoms with Gasteiger partial charge in [0.05, 0.1) is 4.83 Å². The van der Waals surface area contributed by atoms with Crippen LogP contribution in [0.2, 0.25) is 0 Å². The van der Waals surface area contributed by atoms with Crippen LogP contribution >= 0.6 is 15.9 Å². The number of likely N-dealkylation sites (N-methyl/N-ethyl adjacent to an activating group) is 1. The van der Waals surface area contributed by atoms with Gasteiger partial charge in [0, 0.05) is 20.1 Å². The first-order chi connectivity index (χ1) is 7.69. The average Bonchev–Trinajstić information content (AvgIpc) is 2.24. The Hall–Kier alpha value is -0.580. The third-order valence-corrected chi connectivity index (χ3v) is 4.74. The van der Waals surface area contributed by atoms with Gasteiger partial charge in [0.2, 0.25) is 11.8 Å². The smallest absolute Gasteiger partial charge is 0.247 e. The fourth-order valence-electron chi connectivity index (χ4n) is 2.03. The van der Waals surface area contributed by atoms with E-state index in [1.54, 1.807) is 16.8 Å². The van der Waals surface area contributed by atoms with Crippen molar-refractivity contribution in [3.05, 3.63) is 0 Å². The SMILES string of the molecule is CC(C)C(Br)C(=O)N1CCN(C)C(=O)C1(C)C.